The van der Waals surface area contributed by atoms with Crippen molar-refractivity contribution in [3.05, 3.63) is 78.3 Å². The van der Waals surface area contributed by atoms with Gasteiger partial charge in [-0.3, -0.25) is 14.3 Å². The number of nitrogens with one attached hydrogen (secondary N) is 2. The average Bonchev–Trinajstić information content (AvgIpc) is 3.39. The number of carbonyl (C=O) groups excluding carboxylic acids is 2. The predicted molar refractivity (Wildman–Crippen MR) is 144 cm³/mol. The zero-order valence-corrected chi connectivity index (χ0v) is 22.6. The van der Waals surface area contributed by atoms with E-state index in [1.54, 1.807) is 22.9 Å². The van der Waals surface area contributed by atoms with Gasteiger partial charge in [-0.15, -0.1) is 0 Å². The Labute approximate surface area is 226 Å². The fraction of sp³-hybridized carbons (Fsp3) is 0.393. The van der Waals surface area contributed by atoms with E-state index < -0.39 is 12.8 Å². The van der Waals surface area contributed by atoms with Crippen LogP contribution in [0.4, 0.5) is 23.4 Å². The number of alkyl halides is 3. The summed E-state index contributed by atoms with van der Waals surface area (Å²) in [5.41, 5.74) is 2.10. The van der Waals surface area contributed by atoms with Gasteiger partial charge in [0.25, 0.3) is 0 Å². The van der Waals surface area contributed by atoms with E-state index in [-0.39, 0.29) is 36.6 Å². The summed E-state index contributed by atoms with van der Waals surface area (Å²) in [7, 11) is 1.85. The lowest BCUT2D eigenvalue weighted by atomic mass is 10.1. The van der Waals surface area contributed by atoms with E-state index in [0.29, 0.717) is 12.4 Å². The van der Waals surface area contributed by atoms with Crippen LogP contribution >= 0.6 is 0 Å². The highest BCUT2D eigenvalue weighted by Gasteiger charge is 2.28. The third kappa shape index (κ3) is 13.6. The SMILES string of the molecule is CC.CCOCC(F)(F)F.Cn1nc(NC(=O)[C@@H]2CNC(=O)C2)cc1C1=CC=CC=CC1.Fc1ccccc1. The van der Waals surface area contributed by atoms with E-state index in [1.807, 2.05) is 51.3 Å². The highest BCUT2D eigenvalue weighted by molar-refractivity contribution is 5.96. The molecule has 39 heavy (non-hydrogen) atoms. The number of nitrogens with zero attached hydrogens (tertiary/aromatic N) is 2. The zero-order chi connectivity index (χ0) is 29.3. The first-order valence-electron chi connectivity index (χ1n) is 12.6. The van der Waals surface area contributed by atoms with Crippen molar-refractivity contribution in [3.63, 3.8) is 0 Å². The number of halogens is 4. The third-order valence-electron chi connectivity index (χ3n) is 5.00. The summed E-state index contributed by atoms with van der Waals surface area (Å²) in [4.78, 5) is 23.3. The van der Waals surface area contributed by atoms with E-state index in [9.17, 15) is 27.2 Å². The molecule has 0 unspecified atom stereocenters. The molecule has 4 rings (SSSR count). The minimum atomic E-state index is -4.17. The molecular formula is C28H36F4N4O3. The van der Waals surface area contributed by atoms with Gasteiger partial charge >= 0.3 is 6.18 Å². The molecule has 2 aliphatic rings. The first-order valence-corrected chi connectivity index (χ1v) is 12.6. The Bertz CT molecular complexity index is 1110. The van der Waals surface area contributed by atoms with Crippen LogP contribution in [0.25, 0.3) is 5.57 Å². The van der Waals surface area contributed by atoms with E-state index in [1.165, 1.54) is 19.1 Å². The van der Waals surface area contributed by atoms with Crippen molar-refractivity contribution < 1.29 is 31.9 Å². The van der Waals surface area contributed by atoms with Crippen molar-refractivity contribution in [3.8, 4) is 0 Å². The van der Waals surface area contributed by atoms with Gasteiger partial charge in [-0.05, 0) is 31.1 Å². The number of anilines is 1. The van der Waals surface area contributed by atoms with Crippen molar-refractivity contribution in [2.75, 3.05) is 25.1 Å². The molecule has 2 heterocycles. The first-order chi connectivity index (χ1) is 18.6. The molecule has 214 valence electrons. The summed E-state index contributed by atoms with van der Waals surface area (Å²) in [6.07, 6.45) is 6.99. The van der Waals surface area contributed by atoms with Crippen molar-refractivity contribution in [1.29, 1.82) is 0 Å². The largest absolute Gasteiger partial charge is 0.411 e. The number of hydrogen-bond donors (Lipinski definition) is 2. The van der Waals surface area contributed by atoms with E-state index in [4.69, 9.17) is 0 Å². The smallest absolute Gasteiger partial charge is 0.372 e. The van der Waals surface area contributed by atoms with Gasteiger partial charge in [-0.2, -0.15) is 18.3 Å². The number of benzene rings is 1. The number of allylic oxidation sites excluding steroid dienone is 6. The number of ether oxygens (including phenoxy) is 1. The van der Waals surface area contributed by atoms with Crippen molar-refractivity contribution in [2.45, 2.75) is 39.8 Å². The number of aryl methyl sites for hydroxylation is 1. The molecule has 1 atom stereocenters. The van der Waals surface area contributed by atoms with E-state index in [0.717, 1.165) is 17.7 Å². The van der Waals surface area contributed by atoms with Crippen molar-refractivity contribution in [1.82, 2.24) is 15.1 Å². The van der Waals surface area contributed by atoms with Crippen LogP contribution < -0.4 is 10.6 Å². The maximum Gasteiger partial charge on any atom is 0.411 e. The van der Waals surface area contributed by atoms with Crippen LogP contribution in [0, 0.1) is 11.7 Å². The second-order valence-corrected chi connectivity index (χ2v) is 7.99. The predicted octanol–water partition coefficient (Wildman–Crippen LogP) is 5.83. The first kappa shape index (κ1) is 33.3. The van der Waals surface area contributed by atoms with Gasteiger partial charge in [0, 0.05) is 32.7 Å². The lowest BCUT2D eigenvalue weighted by Gasteiger charge is -2.05. The van der Waals surface area contributed by atoms with Crippen molar-refractivity contribution in [2.24, 2.45) is 13.0 Å². The maximum atomic E-state index is 12.1. The molecule has 1 saturated heterocycles. The fourth-order valence-electron chi connectivity index (χ4n) is 3.25. The van der Waals surface area contributed by atoms with E-state index in [2.05, 4.69) is 26.5 Å². The molecule has 2 N–H and O–H groups in total. The van der Waals surface area contributed by atoms with Gasteiger partial charge < -0.3 is 15.4 Å². The summed E-state index contributed by atoms with van der Waals surface area (Å²) in [5.74, 6) is -0.231. The second-order valence-electron chi connectivity index (χ2n) is 7.99. The number of hydrogen-bond acceptors (Lipinski definition) is 4. The normalized spacial score (nSPS) is 15.7. The molecular weight excluding hydrogens is 516 g/mol. The minimum absolute atomic E-state index is 0.0796. The van der Waals surface area contributed by atoms with Crippen LogP contribution in [0.15, 0.2) is 66.8 Å². The van der Waals surface area contributed by atoms with Gasteiger partial charge in [0.2, 0.25) is 11.8 Å². The Kier molecular flexibility index (Phi) is 15.1. The Morgan fingerprint density at radius 2 is 1.87 bits per heavy atom. The Morgan fingerprint density at radius 3 is 2.38 bits per heavy atom. The molecule has 1 aromatic carbocycles. The Hall–Kier alpha value is -3.73. The Morgan fingerprint density at radius 1 is 1.18 bits per heavy atom. The monoisotopic (exact) mass is 552 g/mol. The summed E-state index contributed by atoms with van der Waals surface area (Å²) in [5, 5.41) is 9.79. The molecule has 7 nitrogen and oxygen atoms in total. The van der Waals surface area contributed by atoms with Crippen LogP contribution in [0.1, 0.15) is 39.3 Å². The quantitative estimate of drug-likeness (QED) is 0.457. The number of carbonyl (C=O) groups is 2. The second kappa shape index (κ2) is 17.7. The van der Waals surface area contributed by atoms with Crippen molar-refractivity contribution >= 4 is 23.2 Å². The number of aromatic nitrogens is 2. The molecule has 1 aromatic heterocycles. The topological polar surface area (TPSA) is 85.2 Å². The van der Waals surface area contributed by atoms with Crippen LogP contribution in [-0.2, 0) is 21.4 Å². The summed E-state index contributed by atoms with van der Waals surface area (Å²) in [6.45, 7) is 4.89. The molecule has 0 spiro atoms. The molecule has 0 bridgehead atoms. The molecule has 0 radical (unpaired) electrons. The molecule has 0 saturated carbocycles. The summed E-state index contributed by atoms with van der Waals surface area (Å²) < 4.78 is 51.1. The van der Waals surface area contributed by atoms with Gasteiger partial charge in [-0.25, -0.2) is 4.39 Å². The van der Waals surface area contributed by atoms with Gasteiger partial charge in [0.15, 0.2) is 5.82 Å². The standard InChI is InChI=1S/C16H18N4O2.C6H5F.C4H7F3O.C2H6/c1-20-13(11-6-4-2-3-5-7-11)9-14(19-20)18-16(22)12-8-15(21)17-10-12;7-6-4-2-1-3-5-6;1-2-8-3-4(5,6)7;1-2/h2-6,9,12H,7-8,10H2,1H3,(H,17,21)(H,18,19,22);1-5H;2-3H2,1H3;1-2H3/t12-;;;/m0.../s1. The number of amides is 2. The van der Waals surface area contributed by atoms with Gasteiger partial charge in [0.1, 0.15) is 12.4 Å². The van der Waals surface area contributed by atoms with Gasteiger partial charge in [-0.1, -0.05) is 62.4 Å². The molecule has 1 fully saturated rings. The minimum Gasteiger partial charge on any atom is -0.372 e. The molecule has 11 heteroatoms. The maximum absolute atomic E-state index is 12.1. The van der Waals surface area contributed by atoms with Crippen LogP contribution in [0.2, 0.25) is 0 Å². The third-order valence-corrected chi connectivity index (χ3v) is 5.00. The molecule has 1 aliphatic heterocycles. The van der Waals surface area contributed by atoms with Crippen LogP contribution in [-0.4, -0.2) is 47.5 Å². The molecule has 2 aromatic rings. The zero-order valence-electron chi connectivity index (χ0n) is 22.6. The molecule has 2 amide bonds. The van der Waals surface area contributed by atoms with Crippen LogP contribution in [0.3, 0.4) is 0 Å². The highest BCUT2D eigenvalue weighted by Crippen LogP contribution is 2.23. The summed E-state index contributed by atoms with van der Waals surface area (Å²) >= 11 is 0. The van der Waals surface area contributed by atoms with Gasteiger partial charge in [0.05, 0.1) is 11.6 Å². The Balaban J connectivity index is 0.000000367. The highest BCUT2D eigenvalue weighted by atomic mass is 19.4. The average molecular weight is 553 g/mol. The lowest BCUT2D eigenvalue weighted by Crippen LogP contribution is -2.24. The fourth-order valence-corrected chi connectivity index (χ4v) is 3.25. The molecule has 1 aliphatic carbocycles. The lowest BCUT2D eigenvalue weighted by molar-refractivity contribution is -0.172. The van der Waals surface area contributed by atoms with Crippen LogP contribution in [0.5, 0.6) is 0 Å². The number of rotatable bonds is 5. The van der Waals surface area contributed by atoms with E-state index >= 15 is 0 Å². The summed E-state index contributed by atoms with van der Waals surface area (Å²) in [6, 6.07) is 9.80.